The van der Waals surface area contributed by atoms with Crippen LogP contribution in [0, 0.1) is 0 Å². The monoisotopic (exact) mass is 309 g/mol. The summed E-state index contributed by atoms with van der Waals surface area (Å²) in [5.41, 5.74) is 1.66. The average molecular weight is 309 g/mol. The van der Waals surface area contributed by atoms with Crippen molar-refractivity contribution in [3.8, 4) is 0 Å². The van der Waals surface area contributed by atoms with Crippen molar-refractivity contribution < 1.29 is 9.32 Å². The topological polar surface area (TPSA) is 87.9 Å². The molecule has 0 aliphatic carbocycles. The van der Waals surface area contributed by atoms with Gasteiger partial charge >= 0.3 is 0 Å². The summed E-state index contributed by atoms with van der Waals surface area (Å²) < 4.78 is 4.90. The molecule has 1 amide bonds. The number of rotatable bonds is 3. The van der Waals surface area contributed by atoms with Gasteiger partial charge in [0.25, 0.3) is 5.91 Å². The minimum Gasteiger partial charge on any atom is -0.343 e. The Morgan fingerprint density at radius 3 is 2.74 bits per heavy atom. The first-order chi connectivity index (χ1) is 11.3. The maximum Gasteiger partial charge on any atom is 0.271 e. The molecule has 3 heterocycles. The molecule has 1 fully saturated rings. The fourth-order valence-corrected chi connectivity index (χ4v) is 3.15. The number of aromatic nitrogens is 4. The van der Waals surface area contributed by atoms with Gasteiger partial charge in [-0.3, -0.25) is 4.79 Å². The summed E-state index contributed by atoms with van der Waals surface area (Å²) in [6.45, 7) is 1.16. The van der Waals surface area contributed by atoms with Crippen LogP contribution in [0.25, 0.3) is 0 Å². The van der Waals surface area contributed by atoms with Gasteiger partial charge in [0.15, 0.2) is 5.82 Å². The Balaban J connectivity index is 1.65. The van der Waals surface area contributed by atoms with Crippen molar-refractivity contribution in [2.24, 2.45) is 0 Å². The molecule has 0 bridgehead atoms. The van der Waals surface area contributed by atoms with Crippen LogP contribution in [0.1, 0.15) is 33.7 Å². The number of carbonyl (C=O) groups excluding carboxylic acids is 1. The van der Waals surface area contributed by atoms with Crippen LogP contribution in [0.2, 0.25) is 0 Å². The zero-order valence-corrected chi connectivity index (χ0v) is 12.3. The molecule has 23 heavy (non-hydrogen) atoms. The number of hydrogen-bond acceptors (Lipinski definition) is 5. The van der Waals surface area contributed by atoms with Gasteiger partial charge in [0, 0.05) is 24.9 Å². The van der Waals surface area contributed by atoms with E-state index in [1.165, 1.54) is 18.3 Å². The quantitative estimate of drug-likeness (QED) is 0.797. The number of nitrogens with zero attached hydrogens (tertiary/aromatic N) is 4. The van der Waals surface area contributed by atoms with Gasteiger partial charge in [-0.1, -0.05) is 35.5 Å². The fourth-order valence-electron chi connectivity index (χ4n) is 3.15. The van der Waals surface area contributed by atoms with Crippen molar-refractivity contribution in [2.75, 3.05) is 13.1 Å². The highest BCUT2D eigenvalue weighted by Crippen LogP contribution is 2.38. The molecule has 2 atom stereocenters. The molecular formula is C16H15N5O2. The Labute approximate surface area is 132 Å². The molecule has 7 nitrogen and oxygen atoms in total. The van der Waals surface area contributed by atoms with Gasteiger partial charge in [-0.25, -0.2) is 4.98 Å². The van der Waals surface area contributed by atoms with Crippen molar-refractivity contribution in [3.63, 3.8) is 0 Å². The van der Waals surface area contributed by atoms with E-state index in [2.05, 4.69) is 32.2 Å². The second kappa shape index (κ2) is 5.68. The van der Waals surface area contributed by atoms with Crippen LogP contribution < -0.4 is 0 Å². The van der Waals surface area contributed by atoms with Crippen molar-refractivity contribution in [3.05, 3.63) is 66.3 Å². The van der Waals surface area contributed by atoms with Crippen molar-refractivity contribution in [1.29, 1.82) is 0 Å². The highest BCUT2D eigenvalue weighted by Gasteiger charge is 2.39. The maximum atomic E-state index is 12.6. The van der Waals surface area contributed by atoms with E-state index in [0.717, 1.165) is 0 Å². The zero-order chi connectivity index (χ0) is 15.6. The van der Waals surface area contributed by atoms with E-state index in [9.17, 15) is 4.79 Å². The summed E-state index contributed by atoms with van der Waals surface area (Å²) >= 11 is 0. The van der Waals surface area contributed by atoms with Crippen LogP contribution in [0.3, 0.4) is 0 Å². The molecule has 1 saturated heterocycles. The second-order valence-corrected chi connectivity index (χ2v) is 5.59. The number of imidazole rings is 1. The van der Waals surface area contributed by atoms with E-state index in [1.807, 2.05) is 23.1 Å². The summed E-state index contributed by atoms with van der Waals surface area (Å²) in [5, 5.41) is 3.99. The third kappa shape index (κ3) is 2.50. The van der Waals surface area contributed by atoms with Gasteiger partial charge in [-0.15, -0.1) is 0 Å². The smallest absolute Gasteiger partial charge is 0.271 e. The standard InChI is InChI=1S/C16H15N5O2/c22-16(14-6-17-9-18-14)21-7-12(11-4-2-1-3-5-11)13(8-21)15-19-10-23-20-15/h1-6,9-10,12-13H,7-8H2,(H,17,18)/t12-,13+/m0/s1. The molecule has 4 rings (SSSR count). The first kappa shape index (κ1) is 13.7. The first-order valence-corrected chi connectivity index (χ1v) is 7.42. The second-order valence-electron chi connectivity index (χ2n) is 5.59. The van der Waals surface area contributed by atoms with Gasteiger partial charge < -0.3 is 14.4 Å². The predicted octanol–water partition coefficient (Wildman–Crippen LogP) is 1.82. The third-order valence-electron chi connectivity index (χ3n) is 4.27. The molecule has 3 aromatic rings. The molecule has 7 heteroatoms. The lowest BCUT2D eigenvalue weighted by Gasteiger charge is -2.15. The number of nitrogens with one attached hydrogen (secondary N) is 1. The highest BCUT2D eigenvalue weighted by molar-refractivity contribution is 5.92. The number of amides is 1. The largest absolute Gasteiger partial charge is 0.343 e. The van der Waals surface area contributed by atoms with Gasteiger partial charge in [-0.05, 0) is 5.56 Å². The Morgan fingerprint density at radius 2 is 2.04 bits per heavy atom. The summed E-state index contributed by atoms with van der Waals surface area (Å²) in [4.78, 5) is 25.4. The number of carbonyl (C=O) groups is 1. The van der Waals surface area contributed by atoms with Crippen LogP contribution in [-0.4, -0.2) is 44.0 Å². The summed E-state index contributed by atoms with van der Waals surface area (Å²) in [5.74, 6) is 0.733. The fraction of sp³-hybridized carbons (Fsp3) is 0.250. The van der Waals surface area contributed by atoms with Crippen molar-refractivity contribution in [1.82, 2.24) is 25.0 Å². The Hall–Kier alpha value is -2.96. The van der Waals surface area contributed by atoms with Gasteiger partial charge in [0.05, 0.1) is 12.5 Å². The number of H-pyrrole nitrogens is 1. The molecular weight excluding hydrogens is 294 g/mol. The molecule has 1 aliphatic rings. The molecule has 1 aromatic carbocycles. The lowest BCUT2D eigenvalue weighted by molar-refractivity contribution is 0.0783. The normalized spacial score (nSPS) is 20.8. The lowest BCUT2D eigenvalue weighted by Crippen LogP contribution is -2.29. The summed E-state index contributed by atoms with van der Waals surface area (Å²) in [6, 6.07) is 10.1. The predicted molar refractivity (Wildman–Crippen MR) is 80.7 cm³/mol. The summed E-state index contributed by atoms with van der Waals surface area (Å²) in [6.07, 6.45) is 4.38. The average Bonchev–Trinajstić information content (AvgIpc) is 3.35. The van der Waals surface area contributed by atoms with Crippen LogP contribution in [0.5, 0.6) is 0 Å². The maximum absolute atomic E-state index is 12.6. The summed E-state index contributed by atoms with van der Waals surface area (Å²) in [7, 11) is 0. The molecule has 0 saturated carbocycles. The van der Waals surface area contributed by atoms with Gasteiger partial charge in [0.2, 0.25) is 6.39 Å². The lowest BCUT2D eigenvalue weighted by atomic mass is 9.88. The number of benzene rings is 1. The number of aromatic amines is 1. The third-order valence-corrected chi connectivity index (χ3v) is 4.27. The van der Waals surface area contributed by atoms with Crippen LogP contribution in [0.4, 0.5) is 0 Å². The molecule has 1 N–H and O–H groups in total. The van der Waals surface area contributed by atoms with E-state index >= 15 is 0 Å². The molecule has 0 unspecified atom stereocenters. The van der Waals surface area contributed by atoms with Gasteiger partial charge in [-0.2, -0.15) is 4.98 Å². The van der Waals surface area contributed by atoms with Gasteiger partial charge in [0.1, 0.15) is 5.69 Å². The number of hydrogen-bond donors (Lipinski definition) is 1. The minimum absolute atomic E-state index is 0.0167. The Bertz CT molecular complexity index is 770. The zero-order valence-electron chi connectivity index (χ0n) is 12.3. The van der Waals surface area contributed by atoms with Crippen LogP contribution >= 0.6 is 0 Å². The van der Waals surface area contributed by atoms with Crippen LogP contribution in [-0.2, 0) is 0 Å². The Kier molecular flexibility index (Phi) is 3.38. The highest BCUT2D eigenvalue weighted by atomic mass is 16.5. The molecule has 2 aromatic heterocycles. The SMILES string of the molecule is O=C(c1cnc[nH]1)N1C[C@@H](c2ccccc2)[C@H](c2ncon2)C1. The van der Waals surface area contributed by atoms with Crippen molar-refractivity contribution in [2.45, 2.75) is 11.8 Å². The van der Waals surface area contributed by atoms with Crippen LogP contribution in [0.15, 0.2) is 53.8 Å². The molecule has 0 spiro atoms. The number of likely N-dealkylation sites (tertiary alicyclic amines) is 1. The molecule has 116 valence electrons. The molecule has 1 aliphatic heterocycles. The van der Waals surface area contributed by atoms with E-state index in [-0.39, 0.29) is 17.7 Å². The van der Waals surface area contributed by atoms with E-state index < -0.39 is 0 Å². The first-order valence-electron chi connectivity index (χ1n) is 7.42. The van der Waals surface area contributed by atoms with E-state index in [1.54, 1.807) is 6.20 Å². The molecule has 0 radical (unpaired) electrons. The van der Waals surface area contributed by atoms with E-state index in [0.29, 0.717) is 24.6 Å². The van der Waals surface area contributed by atoms with E-state index in [4.69, 9.17) is 4.52 Å². The Morgan fingerprint density at radius 1 is 1.22 bits per heavy atom. The van der Waals surface area contributed by atoms with Crippen molar-refractivity contribution >= 4 is 5.91 Å². The minimum atomic E-state index is -0.0607.